The lowest BCUT2D eigenvalue weighted by Gasteiger charge is -2.40. The first-order valence-electron chi connectivity index (χ1n) is 6.42. The van der Waals surface area contributed by atoms with Crippen molar-refractivity contribution >= 4 is 5.70 Å². The summed E-state index contributed by atoms with van der Waals surface area (Å²) >= 11 is 0. The van der Waals surface area contributed by atoms with Gasteiger partial charge in [0.2, 0.25) is 0 Å². The molecule has 0 radical (unpaired) electrons. The number of aryl methyl sites for hydroxylation is 1. The Morgan fingerprint density at radius 3 is 2.79 bits per heavy atom. The molecule has 1 saturated heterocycles. The highest BCUT2D eigenvalue weighted by Crippen LogP contribution is 2.27. The molecule has 0 saturated carbocycles. The zero-order chi connectivity index (χ0) is 14.0. The molecule has 2 unspecified atom stereocenters. The largest absolute Gasteiger partial charge is 0.496 e. The lowest BCUT2D eigenvalue weighted by Crippen LogP contribution is -2.64. The van der Waals surface area contributed by atoms with Gasteiger partial charge in [-0.1, -0.05) is 12.1 Å². The molecule has 104 valence electrons. The van der Waals surface area contributed by atoms with Crippen LogP contribution in [-0.4, -0.2) is 30.7 Å². The maximum absolute atomic E-state index is 6.14. The molecule has 1 fully saturated rings. The molecule has 1 aromatic carbocycles. The van der Waals surface area contributed by atoms with Crippen LogP contribution in [-0.2, 0) is 0 Å². The predicted molar refractivity (Wildman–Crippen MR) is 77.2 cm³/mol. The molecule has 19 heavy (non-hydrogen) atoms. The van der Waals surface area contributed by atoms with Gasteiger partial charge in [-0.2, -0.15) is 0 Å². The second-order valence-corrected chi connectivity index (χ2v) is 4.95. The van der Waals surface area contributed by atoms with E-state index in [1.54, 1.807) is 18.3 Å². The summed E-state index contributed by atoms with van der Waals surface area (Å²) in [5.41, 5.74) is 8.68. The second kappa shape index (κ2) is 5.50. The number of rotatable bonds is 4. The fourth-order valence-corrected chi connectivity index (χ4v) is 2.30. The average Bonchev–Trinajstić information content (AvgIpc) is 2.36. The Balaban J connectivity index is 2.23. The topological polar surface area (TPSA) is 76.5 Å². The van der Waals surface area contributed by atoms with Crippen molar-refractivity contribution in [2.24, 2.45) is 11.6 Å². The van der Waals surface area contributed by atoms with E-state index in [4.69, 9.17) is 16.3 Å². The fourth-order valence-electron chi connectivity index (χ4n) is 2.30. The summed E-state index contributed by atoms with van der Waals surface area (Å²) in [7, 11) is 1.65. The number of nitrogens with zero attached hydrogens (tertiary/aromatic N) is 1. The van der Waals surface area contributed by atoms with Crippen molar-refractivity contribution in [1.82, 2.24) is 10.3 Å². The minimum atomic E-state index is 0.286. The first-order valence-corrected chi connectivity index (χ1v) is 6.42. The molecule has 5 nitrogen and oxygen atoms in total. The van der Waals surface area contributed by atoms with Gasteiger partial charge < -0.3 is 20.8 Å². The molecule has 5 N–H and O–H groups in total. The minimum Gasteiger partial charge on any atom is -0.496 e. The van der Waals surface area contributed by atoms with Crippen LogP contribution in [0.2, 0.25) is 0 Å². The maximum Gasteiger partial charge on any atom is 0.131 e. The first kappa shape index (κ1) is 13.7. The Morgan fingerprint density at radius 2 is 2.26 bits per heavy atom. The molecule has 1 heterocycles. The van der Waals surface area contributed by atoms with Crippen LogP contribution in [0.1, 0.15) is 18.1 Å². The normalized spacial score (nSPS) is 22.8. The van der Waals surface area contributed by atoms with Crippen molar-refractivity contribution in [3.8, 4) is 5.75 Å². The third kappa shape index (κ3) is 2.67. The van der Waals surface area contributed by atoms with E-state index in [1.165, 1.54) is 0 Å². The number of benzene rings is 1. The van der Waals surface area contributed by atoms with E-state index in [0.29, 0.717) is 11.7 Å². The number of ether oxygens (including phenoxy) is 1. The standard InChI is InChI=1S/C14H22N4O/c1-9-5-4-6-11(14(9)19-3)12(15)8-18(16)13-7-17-10(13)2/h4-6,8,10,13,17H,7,15-16H2,1-3H3/b12-8-. The number of hydrogen-bond donors (Lipinski definition) is 3. The van der Waals surface area contributed by atoms with Gasteiger partial charge in [-0.3, -0.25) is 0 Å². The summed E-state index contributed by atoms with van der Waals surface area (Å²) in [6, 6.07) is 6.56. The van der Waals surface area contributed by atoms with Crippen LogP contribution in [0, 0.1) is 6.92 Å². The first-order chi connectivity index (χ1) is 9.04. The van der Waals surface area contributed by atoms with E-state index in [0.717, 1.165) is 23.4 Å². The molecule has 0 aliphatic carbocycles. The van der Waals surface area contributed by atoms with Gasteiger partial charge in [-0.25, -0.2) is 5.84 Å². The van der Waals surface area contributed by atoms with E-state index in [-0.39, 0.29) is 6.04 Å². The van der Waals surface area contributed by atoms with E-state index in [2.05, 4.69) is 12.2 Å². The van der Waals surface area contributed by atoms with Gasteiger partial charge in [0, 0.05) is 24.4 Å². The second-order valence-electron chi connectivity index (χ2n) is 4.95. The van der Waals surface area contributed by atoms with Crippen LogP contribution < -0.4 is 21.6 Å². The van der Waals surface area contributed by atoms with E-state index < -0.39 is 0 Å². The number of para-hydroxylation sites is 1. The molecular weight excluding hydrogens is 240 g/mol. The molecule has 0 spiro atoms. The Morgan fingerprint density at radius 1 is 1.53 bits per heavy atom. The van der Waals surface area contributed by atoms with Crippen LogP contribution in [0.3, 0.4) is 0 Å². The summed E-state index contributed by atoms with van der Waals surface area (Å²) < 4.78 is 5.41. The Labute approximate surface area is 114 Å². The Hall–Kier alpha value is -1.72. The van der Waals surface area contributed by atoms with E-state index in [9.17, 15) is 0 Å². The lowest BCUT2D eigenvalue weighted by atomic mass is 10.0. The molecule has 1 aromatic rings. The average molecular weight is 262 g/mol. The quantitative estimate of drug-likeness (QED) is 0.552. The number of nitrogens with two attached hydrogens (primary N) is 2. The van der Waals surface area contributed by atoms with Crippen LogP contribution in [0.4, 0.5) is 0 Å². The van der Waals surface area contributed by atoms with Gasteiger partial charge in [-0.05, 0) is 25.5 Å². The van der Waals surface area contributed by atoms with Gasteiger partial charge in [0.15, 0.2) is 0 Å². The number of hydrogen-bond acceptors (Lipinski definition) is 5. The molecule has 5 heteroatoms. The third-order valence-corrected chi connectivity index (χ3v) is 3.62. The van der Waals surface area contributed by atoms with Gasteiger partial charge in [-0.15, -0.1) is 0 Å². The highest BCUT2D eigenvalue weighted by molar-refractivity contribution is 5.69. The zero-order valence-corrected chi connectivity index (χ0v) is 11.7. The highest BCUT2D eigenvalue weighted by atomic mass is 16.5. The van der Waals surface area contributed by atoms with Gasteiger partial charge in [0.1, 0.15) is 5.75 Å². The van der Waals surface area contributed by atoms with Gasteiger partial charge in [0.05, 0.1) is 18.8 Å². The lowest BCUT2D eigenvalue weighted by molar-refractivity contribution is 0.155. The molecule has 0 aromatic heterocycles. The summed E-state index contributed by atoms with van der Waals surface area (Å²) in [5, 5.41) is 4.95. The van der Waals surface area contributed by atoms with Crippen LogP contribution in [0.5, 0.6) is 5.75 Å². The Kier molecular flexibility index (Phi) is 3.97. The molecule has 1 aliphatic heterocycles. The third-order valence-electron chi connectivity index (χ3n) is 3.62. The maximum atomic E-state index is 6.14. The van der Waals surface area contributed by atoms with Gasteiger partial charge in [0.25, 0.3) is 0 Å². The van der Waals surface area contributed by atoms with Crippen molar-refractivity contribution in [2.75, 3.05) is 13.7 Å². The van der Waals surface area contributed by atoms with E-state index in [1.807, 2.05) is 25.1 Å². The minimum absolute atomic E-state index is 0.286. The van der Waals surface area contributed by atoms with Gasteiger partial charge >= 0.3 is 0 Å². The molecule has 0 amide bonds. The summed E-state index contributed by atoms with van der Waals surface area (Å²) in [4.78, 5) is 0. The number of methoxy groups -OCH3 is 1. The van der Waals surface area contributed by atoms with Crippen molar-refractivity contribution < 1.29 is 4.74 Å². The Bertz CT molecular complexity index is 486. The number of hydrazine groups is 1. The summed E-state index contributed by atoms with van der Waals surface area (Å²) in [6.45, 7) is 4.98. The van der Waals surface area contributed by atoms with Crippen molar-refractivity contribution in [2.45, 2.75) is 25.9 Å². The van der Waals surface area contributed by atoms with Crippen LogP contribution >= 0.6 is 0 Å². The molecule has 2 rings (SSSR count). The number of nitrogens with one attached hydrogen (secondary N) is 1. The molecule has 2 atom stereocenters. The van der Waals surface area contributed by atoms with Crippen molar-refractivity contribution in [3.05, 3.63) is 35.5 Å². The highest BCUT2D eigenvalue weighted by Gasteiger charge is 2.29. The molecule has 1 aliphatic rings. The zero-order valence-electron chi connectivity index (χ0n) is 11.7. The smallest absolute Gasteiger partial charge is 0.131 e. The molecule has 0 bridgehead atoms. The van der Waals surface area contributed by atoms with Crippen LogP contribution in [0.15, 0.2) is 24.4 Å². The van der Waals surface area contributed by atoms with Crippen LogP contribution in [0.25, 0.3) is 5.70 Å². The fraction of sp³-hybridized carbons (Fsp3) is 0.429. The van der Waals surface area contributed by atoms with Crippen molar-refractivity contribution in [1.29, 1.82) is 0 Å². The summed E-state index contributed by atoms with van der Waals surface area (Å²) in [5.74, 6) is 6.83. The predicted octanol–water partition coefficient (Wildman–Crippen LogP) is 0.797. The molecular formula is C14H22N4O. The summed E-state index contributed by atoms with van der Waals surface area (Å²) in [6.07, 6.45) is 1.78. The monoisotopic (exact) mass is 262 g/mol. The SMILES string of the molecule is COc1c(C)cccc1/C(N)=C/N(N)C1CNC1C. The van der Waals surface area contributed by atoms with Crippen molar-refractivity contribution in [3.63, 3.8) is 0 Å². The van der Waals surface area contributed by atoms with E-state index >= 15 is 0 Å².